The Morgan fingerprint density at radius 3 is 2.94 bits per heavy atom. The summed E-state index contributed by atoms with van der Waals surface area (Å²) >= 11 is 0. The van der Waals surface area contributed by atoms with Crippen LogP contribution in [0.25, 0.3) is 0 Å². The molecule has 0 radical (unpaired) electrons. The van der Waals surface area contributed by atoms with Crippen LogP contribution in [0.5, 0.6) is 0 Å². The molecule has 0 aromatic carbocycles. The van der Waals surface area contributed by atoms with Crippen LogP contribution in [0.15, 0.2) is 30.7 Å². The van der Waals surface area contributed by atoms with Gasteiger partial charge in [-0.3, -0.25) is 9.67 Å². The molecule has 1 unspecified atom stereocenters. The molecule has 2 aromatic rings. The lowest BCUT2D eigenvalue weighted by Crippen LogP contribution is -2.07. The van der Waals surface area contributed by atoms with Gasteiger partial charge in [0.1, 0.15) is 0 Å². The molecule has 17 heavy (non-hydrogen) atoms. The average Bonchev–Trinajstić information content (AvgIpc) is 2.70. The van der Waals surface area contributed by atoms with Crippen molar-refractivity contribution >= 4 is 5.69 Å². The third-order valence-corrected chi connectivity index (χ3v) is 2.80. The number of rotatable bonds is 4. The van der Waals surface area contributed by atoms with E-state index in [-0.39, 0.29) is 6.04 Å². The molecule has 0 amide bonds. The minimum absolute atomic E-state index is 0.234. The summed E-state index contributed by atoms with van der Waals surface area (Å²) in [5.41, 5.74) is 3.38. The van der Waals surface area contributed by atoms with Gasteiger partial charge in [0.15, 0.2) is 0 Å². The first-order valence-electron chi connectivity index (χ1n) is 5.89. The SMILES string of the molecule is CCc1nn(C)cc1NC(C)c1cccnc1. The van der Waals surface area contributed by atoms with Gasteiger partial charge in [-0.25, -0.2) is 0 Å². The molecule has 0 aliphatic rings. The maximum absolute atomic E-state index is 4.41. The van der Waals surface area contributed by atoms with Gasteiger partial charge in [0.25, 0.3) is 0 Å². The van der Waals surface area contributed by atoms with E-state index in [0.29, 0.717) is 0 Å². The Hall–Kier alpha value is -1.84. The summed E-state index contributed by atoms with van der Waals surface area (Å²) in [6.07, 6.45) is 6.63. The van der Waals surface area contributed by atoms with Crippen molar-refractivity contribution in [1.82, 2.24) is 14.8 Å². The van der Waals surface area contributed by atoms with Crippen LogP contribution in [0, 0.1) is 0 Å². The molecule has 4 nitrogen and oxygen atoms in total. The van der Waals surface area contributed by atoms with Gasteiger partial charge in [-0.05, 0) is 25.0 Å². The topological polar surface area (TPSA) is 42.7 Å². The molecular weight excluding hydrogens is 212 g/mol. The van der Waals surface area contributed by atoms with E-state index in [1.807, 2.05) is 30.2 Å². The molecule has 2 rings (SSSR count). The summed E-state index contributed by atoms with van der Waals surface area (Å²) in [6, 6.07) is 4.27. The molecule has 0 aliphatic heterocycles. The van der Waals surface area contributed by atoms with Crippen LogP contribution in [0.3, 0.4) is 0 Å². The molecule has 0 saturated carbocycles. The van der Waals surface area contributed by atoms with Crippen LogP contribution in [0.4, 0.5) is 5.69 Å². The Morgan fingerprint density at radius 2 is 2.29 bits per heavy atom. The van der Waals surface area contributed by atoms with E-state index in [4.69, 9.17) is 0 Å². The highest BCUT2D eigenvalue weighted by Gasteiger charge is 2.10. The molecule has 2 aromatic heterocycles. The Balaban J connectivity index is 2.15. The number of pyridine rings is 1. The van der Waals surface area contributed by atoms with E-state index in [1.54, 1.807) is 6.20 Å². The van der Waals surface area contributed by atoms with Crippen LogP contribution in [0.2, 0.25) is 0 Å². The first-order valence-corrected chi connectivity index (χ1v) is 5.89. The van der Waals surface area contributed by atoms with Gasteiger partial charge in [-0.1, -0.05) is 13.0 Å². The predicted octanol–water partition coefficient (Wildman–Crippen LogP) is 2.55. The molecule has 4 heteroatoms. The highest BCUT2D eigenvalue weighted by Crippen LogP contribution is 2.21. The number of hydrogen-bond donors (Lipinski definition) is 1. The quantitative estimate of drug-likeness (QED) is 0.877. The minimum atomic E-state index is 0.234. The van der Waals surface area contributed by atoms with Crippen LogP contribution >= 0.6 is 0 Å². The monoisotopic (exact) mass is 230 g/mol. The fourth-order valence-electron chi connectivity index (χ4n) is 1.86. The number of aryl methyl sites for hydroxylation is 2. The first kappa shape index (κ1) is 11.6. The van der Waals surface area contributed by atoms with Gasteiger partial charge < -0.3 is 5.32 Å². The van der Waals surface area contributed by atoms with Crippen molar-refractivity contribution in [1.29, 1.82) is 0 Å². The first-order chi connectivity index (χ1) is 8.20. The maximum atomic E-state index is 4.41. The Morgan fingerprint density at radius 1 is 1.47 bits per heavy atom. The summed E-state index contributed by atoms with van der Waals surface area (Å²) in [5, 5.41) is 7.89. The average molecular weight is 230 g/mol. The van der Waals surface area contributed by atoms with Crippen LogP contribution in [0.1, 0.15) is 31.1 Å². The molecule has 0 aliphatic carbocycles. The molecule has 1 N–H and O–H groups in total. The zero-order valence-corrected chi connectivity index (χ0v) is 10.5. The molecule has 0 saturated heterocycles. The van der Waals surface area contributed by atoms with Gasteiger partial charge >= 0.3 is 0 Å². The summed E-state index contributed by atoms with van der Waals surface area (Å²) < 4.78 is 1.84. The van der Waals surface area contributed by atoms with Gasteiger partial charge in [0.05, 0.1) is 17.4 Å². The third kappa shape index (κ3) is 2.64. The summed E-state index contributed by atoms with van der Waals surface area (Å²) in [5.74, 6) is 0. The van der Waals surface area contributed by atoms with Gasteiger partial charge in [-0.15, -0.1) is 0 Å². The van der Waals surface area contributed by atoms with Crippen molar-refractivity contribution in [3.63, 3.8) is 0 Å². The maximum Gasteiger partial charge on any atom is 0.0853 e. The zero-order valence-electron chi connectivity index (χ0n) is 10.5. The number of aromatic nitrogens is 3. The number of anilines is 1. The second-order valence-corrected chi connectivity index (χ2v) is 4.17. The largest absolute Gasteiger partial charge is 0.376 e. The lowest BCUT2D eigenvalue weighted by atomic mass is 10.1. The Kier molecular flexibility index (Phi) is 3.42. The fourth-order valence-corrected chi connectivity index (χ4v) is 1.86. The van der Waals surface area contributed by atoms with Gasteiger partial charge in [-0.2, -0.15) is 5.10 Å². The van der Waals surface area contributed by atoms with Crippen molar-refractivity contribution in [2.24, 2.45) is 7.05 Å². The molecule has 0 spiro atoms. The summed E-state index contributed by atoms with van der Waals surface area (Å²) in [4.78, 5) is 4.13. The fraction of sp³-hybridized carbons (Fsp3) is 0.385. The molecule has 1 atom stereocenters. The van der Waals surface area contributed by atoms with Crippen molar-refractivity contribution in [3.05, 3.63) is 42.0 Å². The second kappa shape index (κ2) is 4.99. The van der Waals surface area contributed by atoms with E-state index in [1.165, 1.54) is 5.56 Å². The van der Waals surface area contributed by atoms with Crippen LogP contribution < -0.4 is 5.32 Å². The van der Waals surface area contributed by atoms with E-state index >= 15 is 0 Å². The summed E-state index contributed by atoms with van der Waals surface area (Å²) in [6.45, 7) is 4.24. The number of nitrogens with one attached hydrogen (secondary N) is 1. The van der Waals surface area contributed by atoms with Crippen molar-refractivity contribution in [2.45, 2.75) is 26.3 Å². The molecule has 2 heterocycles. The zero-order chi connectivity index (χ0) is 12.3. The van der Waals surface area contributed by atoms with Crippen molar-refractivity contribution < 1.29 is 0 Å². The van der Waals surface area contributed by atoms with Crippen molar-refractivity contribution in [3.8, 4) is 0 Å². The van der Waals surface area contributed by atoms with E-state index < -0.39 is 0 Å². The molecular formula is C13H18N4. The highest BCUT2D eigenvalue weighted by molar-refractivity contribution is 5.48. The lowest BCUT2D eigenvalue weighted by Gasteiger charge is -2.14. The van der Waals surface area contributed by atoms with Gasteiger partial charge in [0, 0.05) is 25.6 Å². The van der Waals surface area contributed by atoms with Crippen molar-refractivity contribution in [2.75, 3.05) is 5.32 Å². The van der Waals surface area contributed by atoms with Crippen LogP contribution in [-0.4, -0.2) is 14.8 Å². The predicted molar refractivity (Wildman–Crippen MR) is 68.9 cm³/mol. The smallest absolute Gasteiger partial charge is 0.0853 e. The Labute approximate surface area is 102 Å². The number of hydrogen-bond acceptors (Lipinski definition) is 3. The standard InChI is InChI=1S/C13H18N4/c1-4-12-13(9-17(3)16-12)15-10(2)11-6-5-7-14-8-11/h5-10,15H,4H2,1-3H3. The van der Waals surface area contributed by atoms with E-state index in [9.17, 15) is 0 Å². The Bertz CT molecular complexity index is 475. The molecule has 0 bridgehead atoms. The molecule has 0 fully saturated rings. The highest BCUT2D eigenvalue weighted by atomic mass is 15.3. The van der Waals surface area contributed by atoms with Crippen LogP contribution in [-0.2, 0) is 13.5 Å². The third-order valence-electron chi connectivity index (χ3n) is 2.80. The van der Waals surface area contributed by atoms with E-state index in [0.717, 1.165) is 17.8 Å². The minimum Gasteiger partial charge on any atom is -0.376 e. The van der Waals surface area contributed by atoms with E-state index in [2.05, 4.69) is 35.3 Å². The number of nitrogens with zero attached hydrogens (tertiary/aromatic N) is 3. The van der Waals surface area contributed by atoms with Gasteiger partial charge in [0.2, 0.25) is 0 Å². The lowest BCUT2D eigenvalue weighted by molar-refractivity contribution is 0.746. The molecule has 90 valence electrons. The normalized spacial score (nSPS) is 12.4. The summed E-state index contributed by atoms with van der Waals surface area (Å²) in [7, 11) is 1.94. The second-order valence-electron chi connectivity index (χ2n) is 4.17.